The van der Waals surface area contributed by atoms with Crippen molar-refractivity contribution in [3.63, 3.8) is 0 Å². The first kappa shape index (κ1) is 10.7. The number of nitrogens with zero attached hydrogens (tertiary/aromatic N) is 4. The van der Waals surface area contributed by atoms with Crippen molar-refractivity contribution in [1.29, 1.82) is 0 Å². The molecule has 90 valence electrons. The van der Waals surface area contributed by atoms with Crippen LogP contribution in [0.4, 0.5) is 5.13 Å². The summed E-state index contributed by atoms with van der Waals surface area (Å²) < 4.78 is 1.93. The van der Waals surface area contributed by atoms with Gasteiger partial charge in [-0.15, -0.1) is 10.2 Å². The molecule has 1 aliphatic carbocycles. The summed E-state index contributed by atoms with van der Waals surface area (Å²) in [7, 11) is 0. The van der Waals surface area contributed by atoms with Crippen molar-refractivity contribution < 1.29 is 0 Å². The average molecular weight is 249 g/mol. The molecule has 0 saturated heterocycles. The van der Waals surface area contributed by atoms with Crippen molar-refractivity contribution >= 4 is 16.5 Å². The summed E-state index contributed by atoms with van der Waals surface area (Å²) in [5, 5.41) is 18.0. The van der Waals surface area contributed by atoms with Gasteiger partial charge in [0.1, 0.15) is 11.0 Å². The van der Waals surface area contributed by atoms with Crippen LogP contribution >= 0.6 is 11.3 Å². The lowest BCUT2D eigenvalue weighted by Gasteiger charge is -2.07. The lowest BCUT2D eigenvalue weighted by molar-refractivity contribution is 0.557. The third-order valence-electron chi connectivity index (χ3n) is 2.83. The summed E-state index contributed by atoms with van der Waals surface area (Å²) in [4.78, 5) is 0. The molecule has 1 N–H and O–H groups in total. The summed E-state index contributed by atoms with van der Waals surface area (Å²) >= 11 is 1.62. The number of hydrogen-bond acceptors (Lipinski definition) is 5. The highest BCUT2D eigenvalue weighted by molar-refractivity contribution is 7.15. The molecular weight excluding hydrogens is 234 g/mol. The molecule has 1 unspecified atom stereocenters. The van der Waals surface area contributed by atoms with E-state index in [2.05, 4.69) is 27.5 Å². The highest BCUT2D eigenvalue weighted by atomic mass is 32.1. The molecule has 17 heavy (non-hydrogen) atoms. The molecule has 0 spiro atoms. The quantitative estimate of drug-likeness (QED) is 0.902. The van der Waals surface area contributed by atoms with Gasteiger partial charge in [0.15, 0.2) is 0 Å². The van der Waals surface area contributed by atoms with E-state index in [1.807, 2.05) is 24.0 Å². The van der Waals surface area contributed by atoms with Gasteiger partial charge in [-0.1, -0.05) is 11.3 Å². The summed E-state index contributed by atoms with van der Waals surface area (Å²) in [6.45, 7) is 4.13. The summed E-state index contributed by atoms with van der Waals surface area (Å²) in [6, 6.07) is 0.772. The lowest BCUT2D eigenvalue weighted by atomic mass is 10.3. The van der Waals surface area contributed by atoms with Crippen molar-refractivity contribution in [2.75, 3.05) is 5.32 Å². The Bertz CT molecular complexity index is 513. The minimum atomic E-state index is 0.149. The number of rotatable bonds is 4. The number of aryl methyl sites for hydroxylation is 1. The maximum Gasteiger partial charge on any atom is 0.205 e. The van der Waals surface area contributed by atoms with E-state index in [1.54, 1.807) is 11.3 Å². The topological polar surface area (TPSA) is 55.6 Å². The van der Waals surface area contributed by atoms with E-state index in [0.717, 1.165) is 15.7 Å². The molecule has 0 radical (unpaired) electrons. The molecule has 0 amide bonds. The molecule has 0 aromatic carbocycles. The molecule has 5 nitrogen and oxygen atoms in total. The molecular formula is C11H15N5S. The second-order valence-corrected chi connectivity index (χ2v) is 5.55. The molecule has 1 fully saturated rings. The molecule has 6 heteroatoms. The van der Waals surface area contributed by atoms with Gasteiger partial charge in [-0.25, -0.2) is 0 Å². The van der Waals surface area contributed by atoms with Gasteiger partial charge in [-0.2, -0.15) is 5.10 Å². The molecule has 1 saturated carbocycles. The first-order valence-electron chi connectivity index (χ1n) is 5.83. The Morgan fingerprint density at radius 2 is 2.29 bits per heavy atom. The summed E-state index contributed by atoms with van der Waals surface area (Å²) in [5.74, 6) is 0. The van der Waals surface area contributed by atoms with E-state index < -0.39 is 0 Å². The standard InChI is InChI=1S/C11H15N5S/c1-7-5-12-16(6-7)8(2)10-14-15-11(17-10)13-9-3-4-9/h5-6,8-9H,3-4H2,1-2H3,(H,13,15). The number of hydrogen-bond donors (Lipinski definition) is 1. The van der Waals surface area contributed by atoms with Crippen LogP contribution in [-0.4, -0.2) is 26.0 Å². The maximum atomic E-state index is 4.31. The van der Waals surface area contributed by atoms with E-state index in [4.69, 9.17) is 0 Å². The van der Waals surface area contributed by atoms with Crippen molar-refractivity contribution in [3.05, 3.63) is 23.0 Å². The van der Waals surface area contributed by atoms with E-state index >= 15 is 0 Å². The van der Waals surface area contributed by atoms with Crippen molar-refractivity contribution in [3.8, 4) is 0 Å². The van der Waals surface area contributed by atoms with Crippen molar-refractivity contribution in [1.82, 2.24) is 20.0 Å². The Balaban J connectivity index is 1.76. The van der Waals surface area contributed by atoms with E-state index in [9.17, 15) is 0 Å². The van der Waals surface area contributed by atoms with E-state index in [1.165, 1.54) is 12.8 Å². The van der Waals surface area contributed by atoms with Crippen LogP contribution in [0.3, 0.4) is 0 Å². The Kier molecular flexibility index (Phi) is 2.58. The Morgan fingerprint density at radius 1 is 1.47 bits per heavy atom. The smallest absolute Gasteiger partial charge is 0.205 e. The minimum Gasteiger partial charge on any atom is -0.357 e. The molecule has 2 aromatic rings. The predicted molar refractivity (Wildman–Crippen MR) is 67.3 cm³/mol. The van der Waals surface area contributed by atoms with Crippen molar-refractivity contribution in [2.24, 2.45) is 0 Å². The fraction of sp³-hybridized carbons (Fsp3) is 0.545. The van der Waals surface area contributed by atoms with Gasteiger partial charge in [0.05, 0.1) is 6.20 Å². The normalized spacial score (nSPS) is 17.1. The zero-order chi connectivity index (χ0) is 11.8. The second-order valence-electron chi connectivity index (χ2n) is 4.54. The SMILES string of the molecule is Cc1cnn(C(C)c2nnc(NC3CC3)s2)c1. The molecule has 2 heterocycles. The van der Waals surface area contributed by atoms with Crippen LogP contribution in [0.1, 0.15) is 36.4 Å². The number of anilines is 1. The van der Waals surface area contributed by atoms with Crippen LogP contribution in [0, 0.1) is 6.92 Å². The average Bonchev–Trinajstić information content (AvgIpc) is 2.83. The number of nitrogens with one attached hydrogen (secondary N) is 1. The maximum absolute atomic E-state index is 4.31. The molecule has 0 bridgehead atoms. The third kappa shape index (κ3) is 2.31. The van der Waals surface area contributed by atoms with Gasteiger partial charge in [0, 0.05) is 12.2 Å². The van der Waals surface area contributed by atoms with Crippen LogP contribution in [0.5, 0.6) is 0 Å². The van der Waals surface area contributed by atoms with Gasteiger partial charge < -0.3 is 5.32 Å². The predicted octanol–water partition coefficient (Wildman–Crippen LogP) is 2.23. The summed E-state index contributed by atoms with van der Waals surface area (Å²) in [5.41, 5.74) is 1.16. The molecule has 2 aromatic heterocycles. The molecule has 1 atom stereocenters. The molecule has 3 rings (SSSR count). The van der Waals surface area contributed by atoms with Gasteiger partial charge >= 0.3 is 0 Å². The van der Waals surface area contributed by atoms with Gasteiger partial charge in [-0.05, 0) is 32.3 Å². The lowest BCUT2D eigenvalue weighted by Crippen LogP contribution is -2.06. The fourth-order valence-corrected chi connectivity index (χ4v) is 2.49. The van der Waals surface area contributed by atoms with Crippen LogP contribution in [0.15, 0.2) is 12.4 Å². The fourth-order valence-electron chi connectivity index (χ4n) is 1.62. The van der Waals surface area contributed by atoms with Crippen molar-refractivity contribution in [2.45, 2.75) is 38.8 Å². The molecule has 1 aliphatic rings. The Hall–Kier alpha value is -1.43. The molecule has 0 aliphatic heterocycles. The second kappa shape index (κ2) is 4.10. The van der Waals surface area contributed by atoms with Crippen LogP contribution in [-0.2, 0) is 0 Å². The van der Waals surface area contributed by atoms with E-state index in [-0.39, 0.29) is 6.04 Å². The largest absolute Gasteiger partial charge is 0.357 e. The van der Waals surface area contributed by atoms with Crippen LogP contribution in [0.2, 0.25) is 0 Å². The van der Waals surface area contributed by atoms with Crippen LogP contribution in [0.25, 0.3) is 0 Å². The van der Waals surface area contributed by atoms with Gasteiger partial charge in [0.25, 0.3) is 0 Å². The van der Waals surface area contributed by atoms with Gasteiger partial charge in [0.2, 0.25) is 5.13 Å². The minimum absolute atomic E-state index is 0.149. The zero-order valence-electron chi connectivity index (χ0n) is 9.92. The Morgan fingerprint density at radius 3 is 2.94 bits per heavy atom. The first-order chi connectivity index (χ1) is 8.22. The number of aromatic nitrogens is 4. The van der Waals surface area contributed by atoms with E-state index in [0.29, 0.717) is 6.04 Å². The first-order valence-corrected chi connectivity index (χ1v) is 6.65. The highest BCUT2D eigenvalue weighted by Crippen LogP contribution is 2.29. The highest BCUT2D eigenvalue weighted by Gasteiger charge is 2.23. The van der Waals surface area contributed by atoms with Crippen LogP contribution < -0.4 is 5.32 Å². The third-order valence-corrected chi connectivity index (χ3v) is 3.86. The summed E-state index contributed by atoms with van der Waals surface area (Å²) in [6.07, 6.45) is 6.40. The monoisotopic (exact) mass is 249 g/mol. The van der Waals surface area contributed by atoms with Gasteiger partial charge in [-0.3, -0.25) is 4.68 Å². The Labute approximate surface area is 104 Å². The zero-order valence-corrected chi connectivity index (χ0v) is 10.7.